The summed E-state index contributed by atoms with van der Waals surface area (Å²) in [5.74, 6) is -0.900. The summed E-state index contributed by atoms with van der Waals surface area (Å²) >= 11 is 0. The fourth-order valence-corrected chi connectivity index (χ4v) is 1.60. The van der Waals surface area contributed by atoms with Crippen molar-refractivity contribution >= 4 is 10.4 Å². The van der Waals surface area contributed by atoms with E-state index in [9.17, 15) is 18.6 Å². The number of rotatable bonds is 5. The topological polar surface area (TPSA) is 116 Å². The molecule has 8 heteroatoms. The molecule has 7 nitrogen and oxygen atoms in total. The van der Waals surface area contributed by atoms with Crippen LogP contribution in [0.25, 0.3) is 0 Å². The van der Waals surface area contributed by atoms with Crippen molar-refractivity contribution in [1.29, 1.82) is 0 Å². The minimum Gasteiger partial charge on any atom is -0.504 e. The van der Waals surface area contributed by atoms with Crippen LogP contribution in [0.5, 0.6) is 11.5 Å². The van der Waals surface area contributed by atoms with Crippen molar-refractivity contribution in [2.24, 2.45) is 0 Å². The van der Waals surface area contributed by atoms with Crippen LogP contribution >= 0.6 is 0 Å². The van der Waals surface area contributed by atoms with E-state index in [1.807, 2.05) is 0 Å². The van der Waals surface area contributed by atoms with Crippen LogP contribution in [0, 0.1) is 0 Å². The molecular weight excluding hydrogens is 250 g/mol. The fourth-order valence-electron chi connectivity index (χ4n) is 1.24. The van der Waals surface area contributed by atoms with Crippen LogP contribution in [-0.2, 0) is 10.4 Å². The average Bonchev–Trinajstić information content (AvgIpc) is 2.19. The molecule has 0 unspecified atom stereocenters. The molecule has 17 heavy (non-hydrogen) atoms. The molecule has 96 valence electrons. The van der Waals surface area contributed by atoms with Gasteiger partial charge in [-0.25, -0.2) is 0 Å². The number of aliphatic hydroxyl groups excluding tert-OH is 1. The summed E-state index contributed by atoms with van der Waals surface area (Å²) in [6.45, 7) is 0.276. The molecule has 0 radical (unpaired) electrons. The van der Waals surface area contributed by atoms with Crippen molar-refractivity contribution in [1.82, 2.24) is 5.32 Å². The van der Waals surface area contributed by atoms with E-state index in [1.165, 1.54) is 6.07 Å². The lowest BCUT2D eigenvalue weighted by molar-refractivity contribution is 0.177. The van der Waals surface area contributed by atoms with Crippen molar-refractivity contribution in [3.05, 3.63) is 23.8 Å². The Morgan fingerprint density at radius 3 is 2.59 bits per heavy atom. The number of aliphatic hydroxyl groups is 1. The minimum atomic E-state index is -4.68. The maximum Gasteiger partial charge on any atom is 0.446 e. The van der Waals surface area contributed by atoms with E-state index in [1.54, 1.807) is 7.05 Å². The van der Waals surface area contributed by atoms with E-state index >= 15 is 0 Å². The third kappa shape index (κ3) is 4.19. The van der Waals surface area contributed by atoms with Gasteiger partial charge in [0.25, 0.3) is 0 Å². The van der Waals surface area contributed by atoms with Gasteiger partial charge in [-0.2, -0.15) is 8.42 Å². The molecule has 1 aromatic carbocycles. The van der Waals surface area contributed by atoms with Crippen LogP contribution in [0.4, 0.5) is 0 Å². The molecule has 0 aliphatic carbocycles. The zero-order chi connectivity index (χ0) is 13.1. The minimum absolute atomic E-state index is 0.276. The highest BCUT2D eigenvalue weighted by Crippen LogP contribution is 2.29. The lowest BCUT2D eigenvalue weighted by atomic mass is 10.1. The Kier molecular flexibility index (Phi) is 4.29. The first-order chi connectivity index (χ1) is 7.83. The van der Waals surface area contributed by atoms with Gasteiger partial charge in [0.15, 0.2) is 11.5 Å². The number of nitrogens with one attached hydrogen (secondary N) is 1. The van der Waals surface area contributed by atoms with Crippen LogP contribution in [-0.4, -0.2) is 36.8 Å². The molecule has 0 aliphatic heterocycles. The van der Waals surface area contributed by atoms with E-state index in [-0.39, 0.29) is 6.54 Å². The van der Waals surface area contributed by atoms with E-state index < -0.39 is 28.0 Å². The van der Waals surface area contributed by atoms with Crippen LogP contribution < -0.4 is 9.50 Å². The van der Waals surface area contributed by atoms with E-state index in [2.05, 4.69) is 9.50 Å². The van der Waals surface area contributed by atoms with Gasteiger partial charge in [0.05, 0.1) is 6.10 Å². The zero-order valence-electron chi connectivity index (χ0n) is 8.99. The predicted molar refractivity (Wildman–Crippen MR) is 59.2 cm³/mol. The van der Waals surface area contributed by atoms with Gasteiger partial charge in [0, 0.05) is 6.54 Å². The van der Waals surface area contributed by atoms with Crippen LogP contribution in [0.1, 0.15) is 11.7 Å². The van der Waals surface area contributed by atoms with Crippen LogP contribution in [0.3, 0.4) is 0 Å². The van der Waals surface area contributed by atoms with Crippen molar-refractivity contribution in [2.75, 3.05) is 13.6 Å². The highest BCUT2D eigenvalue weighted by molar-refractivity contribution is 7.81. The summed E-state index contributed by atoms with van der Waals surface area (Å²) in [6.07, 6.45) is -0.842. The van der Waals surface area contributed by atoms with Gasteiger partial charge < -0.3 is 19.7 Å². The maximum atomic E-state index is 10.4. The van der Waals surface area contributed by atoms with E-state index in [4.69, 9.17) is 4.55 Å². The second-order valence-corrected chi connectivity index (χ2v) is 4.33. The highest BCUT2D eigenvalue weighted by Gasteiger charge is 2.14. The first-order valence-electron chi connectivity index (χ1n) is 4.66. The Bertz CT molecular complexity index is 486. The lowest BCUT2D eigenvalue weighted by Crippen LogP contribution is -2.16. The van der Waals surface area contributed by atoms with Crippen LogP contribution in [0.15, 0.2) is 18.2 Å². The SMILES string of the molecule is CNC[C@@H](O)c1ccc(OS(=O)(=O)O)c(O)c1. The monoisotopic (exact) mass is 263 g/mol. The maximum absolute atomic E-state index is 10.4. The summed E-state index contributed by atoms with van der Waals surface area (Å²) in [7, 11) is -3.03. The van der Waals surface area contributed by atoms with Crippen molar-refractivity contribution < 1.29 is 27.4 Å². The number of hydrogen-bond acceptors (Lipinski definition) is 6. The summed E-state index contributed by atoms with van der Waals surface area (Å²) in [6, 6.07) is 3.67. The van der Waals surface area contributed by atoms with Gasteiger partial charge in [0.2, 0.25) is 0 Å². The molecule has 1 aromatic rings. The van der Waals surface area contributed by atoms with Gasteiger partial charge in [0.1, 0.15) is 0 Å². The number of hydrogen-bond donors (Lipinski definition) is 4. The second-order valence-electron chi connectivity index (χ2n) is 3.31. The van der Waals surface area contributed by atoms with Crippen molar-refractivity contribution in [3.8, 4) is 11.5 Å². The normalized spacial score (nSPS) is 13.4. The summed E-state index contributed by atoms with van der Waals surface area (Å²) in [5.41, 5.74) is 0.388. The quantitative estimate of drug-likeness (QED) is 0.545. The smallest absolute Gasteiger partial charge is 0.446 e. The molecule has 0 bridgehead atoms. The van der Waals surface area contributed by atoms with Crippen molar-refractivity contribution in [3.63, 3.8) is 0 Å². The molecule has 0 saturated carbocycles. The third-order valence-electron chi connectivity index (χ3n) is 1.96. The van der Waals surface area contributed by atoms with Gasteiger partial charge in [-0.05, 0) is 24.7 Å². The molecule has 4 N–H and O–H groups in total. The second kappa shape index (κ2) is 5.32. The third-order valence-corrected chi connectivity index (χ3v) is 2.35. The Labute approximate surface area is 98.6 Å². The molecule has 1 rings (SSSR count). The lowest BCUT2D eigenvalue weighted by Gasteiger charge is -2.11. The summed E-state index contributed by atoms with van der Waals surface area (Å²) in [5, 5.41) is 21.8. The zero-order valence-corrected chi connectivity index (χ0v) is 9.81. The standard InChI is InChI=1S/C9H13NO6S/c1-10-5-8(12)6-2-3-9(7(11)4-6)16-17(13,14)15/h2-4,8,10-12H,5H2,1H3,(H,13,14,15)/t8-/m1/s1. The Morgan fingerprint density at radius 2 is 2.12 bits per heavy atom. The van der Waals surface area contributed by atoms with Crippen molar-refractivity contribution in [2.45, 2.75) is 6.10 Å². The summed E-state index contributed by atoms with van der Waals surface area (Å²) < 4.78 is 33.4. The fraction of sp³-hybridized carbons (Fsp3) is 0.333. The molecule has 0 saturated heterocycles. The highest BCUT2D eigenvalue weighted by atomic mass is 32.3. The molecule has 1 atom stereocenters. The molecule has 0 heterocycles. The largest absolute Gasteiger partial charge is 0.504 e. The molecule has 0 amide bonds. The molecule has 0 fully saturated rings. The Balaban J connectivity index is 2.94. The van der Waals surface area contributed by atoms with Gasteiger partial charge >= 0.3 is 10.4 Å². The van der Waals surface area contributed by atoms with Gasteiger partial charge in [-0.1, -0.05) is 6.07 Å². The van der Waals surface area contributed by atoms with Gasteiger partial charge in [-0.3, -0.25) is 4.55 Å². The Morgan fingerprint density at radius 1 is 1.47 bits per heavy atom. The Hall–Kier alpha value is -1.35. The van der Waals surface area contributed by atoms with E-state index in [0.717, 1.165) is 12.1 Å². The van der Waals surface area contributed by atoms with Crippen LogP contribution in [0.2, 0.25) is 0 Å². The number of aromatic hydroxyl groups is 1. The average molecular weight is 263 g/mol. The van der Waals surface area contributed by atoms with Gasteiger partial charge in [-0.15, -0.1) is 0 Å². The number of likely N-dealkylation sites (N-methyl/N-ethyl adjacent to an activating group) is 1. The molecular formula is C9H13NO6S. The van der Waals surface area contributed by atoms with E-state index in [0.29, 0.717) is 5.56 Å². The number of phenolic OH excluding ortho intramolecular Hbond substituents is 1. The number of phenols is 1. The predicted octanol–water partition coefficient (Wildman–Crippen LogP) is -0.173. The molecule has 0 aliphatic rings. The summed E-state index contributed by atoms with van der Waals surface area (Å²) in [4.78, 5) is 0. The molecule has 0 aromatic heterocycles. The first kappa shape index (κ1) is 13.7. The first-order valence-corrected chi connectivity index (χ1v) is 6.02. The number of benzene rings is 1. The molecule has 0 spiro atoms.